The summed E-state index contributed by atoms with van der Waals surface area (Å²) < 4.78 is 43.4. The molecule has 31 nitrogen and oxygen atoms in total. The molecule has 0 saturated carbocycles. The summed E-state index contributed by atoms with van der Waals surface area (Å²) in [5, 5.41) is 20.2. The normalized spacial score (nSPS) is 10.8. The van der Waals surface area contributed by atoms with E-state index in [4.69, 9.17) is 49.4 Å². The first kappa shape index (κ1) is 84.3. The van der Waals surface area contributed by atoms with Gasteiger partial charge in [-0.15, -0.1) is 0 Å². The number of halogens is 2. The average Bonchev–Trinajstić information content (AvgIpc) is 1.13. The first-order chi connectivity index (χ1) is 46.9. The number of aromatic amines is 1. The van der Waals surface area contributed by atoms with Crippen molar-refractivity contribution in [3.05, 3.63) is 158 Å². The number of pyridine rings is 4. The van der Waals surface area contributed by atoms with E-state index < -0.39 is 17.9 Å². The van der Waals surface area contributed by atoms with Crippen LogP contribution < -0.4 is 62.4 Å². The zero-order valence-electron chi connectivity index (χ0n) is 54.6. The van der Waals surface area contributed by atoms with E-state index in [1.54, 1.807) is 67.8 Å². The molecule has 4 amide bonds. The van der Waals surface area contributed by atoms with Crippen LogP contribution >= 0.6 is 0 Å². The molecule has 0 spiro atoms. The van der Waals surface area contributed by atoms with Crippen molar-refractivity contribution >= 4 is 58.2 Å². The molecule has 534 valence electrons. The third-order valence-electron chi connectivity index (χ3n) is 13.0. The molecular formula is C65H83Cl2N17O14Os. The van der Waals surface area contributed by atoms with Gasteiger partial charge in [-0.2, -0.15) is 9.97 Å². The van der Waals surface area contributed by atoms with E-state index in [0.29, 0.717) is 123 Å². The Balaban J connectivity index is 0.000000777. The molecule has 1 aromatic carbocycles. The second kappa shape index (κ2) is 51.3. The van der Waals surface area contributed by atoms with Crippen LogP contribution in [0.25, 0.3) is 33.9 Å². The predicted octanol–water partition coefficient (Wildman–Crippen LogP) is -3.08. The molecule has 0 aliphatic heterocycles. The number of carboxylic acids is 1. The van der Waals surface area contributed by atoms with Crippen LogP contribution in [0.15, 0.2) is 141 Å². The molecular weight excluding hydrogens is 1500 g/mol. The van der Waals surface area contributed by atoms with E-state index in [1.807, 2.05) is 84.7 Å². The number of nitrogens with zero attached hydrogens (tertiary/aromatic N) is 10. The third-order valence-corrected chi connectivity index (χ3v) is 13.0. The molecule has 1 atom stereocenters. The van der Waals surface area contributed by atoms with Gasteiger partial charge in [0, 0.05) is 87.5 Å². The minimum Gasteiger partial charge on any atom is -1.00 e. The first-order valence-electron chi connectivity index (χ1n) is 30.9. The van der Waals surface area contributed by atoms with E-state index in [2.05, 4.69) is 71.1 Å². The summed E-state index contributed by atoms with van der Waals surface area (Å²) in [4.78, 5) is 103. The standard InChI is InChI=1S/C45H67N13O14.2C10H8N2.2ClH.Os/c1-58(28-34-27-52-42-40(54-34)41(46)56-45(47)57-42)35-4-2-32(3-5-35)43(62)55-36(44(63)64)6-7-37(59)50-10-12-65-14-16-67-18-20-69-22-24-71-25-23-70-21-19-68-17-15-66-13-11-51-39(61)30-72-29-38(60)49-9-8-33-26-48-31-53-33;2*1-3-7-11-9(5-1)10-6-2-4-8-12-10;;;/h2-5,26-27,31,36H,6-25,28-30H2,1H3,(H,48,53)(H,49,60)(H,50,59)(H,51,61)(H,55,62)(H,63,64)(H4,46,47,52,56,57);2*1-8H;2*1H;/q;;;;;+2/p-2. The topological polar surface area (TPSA) is 415 Å². The van der Waals surface area contributed by atoms with Gasteiger partial charge in [-0.1, -0.05) is 24.3 Å². The van der Waals surface area contributed by atoms with E-state index in [0.717, 1.165) is 34.2 Å². The van der Waals surface area contributed by atoms with Crippen LogP contribution in [0.5, 0.6) is 0 Å². The number of anilines is 3. The van der Waals surface area contributed by atoms with Crippen molar-refractivity contribution in [3.8, 4) is 22.8 Å². The Hall–Kier alpha value is -8.90. The van der Waals surface area contributed by atoms with Crippen LogP contribution in [-0.4, -0.2) is 223 Å². The molecule has 99 heavy (non-hydrogen) atoms. The Morgan fingerprint density at radius 1 is 0.535 bits per heavy atom. The number of fused-ring (bicyclic) bond motifs is 1. The van der Waals surface area contributed by atoms with Crippen molar-refractivity contribution in [1.29, 1.82) is 0 Å². The fourth-order valence-electron chi connectivity index (χ4n) is 8.22. The number of amides is 4. The zero-order valence-corrected chi connectivity index (χ0v) is 58.7. The molecule has 1 unspecified atom stereocenters. The Bertz CT molecular complexity index is 3340. The average molecular weight is 1590 g/mol. The number of carboxylic acid groups (broad SMARTS) is 1. The number of nitrogens with two attached hydrogens (primary N) is 2. The van der Waals surface area contributed by atoms with Gasteiger partial charge < -0.3 is 110 Å². The molecule has 7 aromatic heterocycles. The van der Waals surface area contributed by atoms with Crippen molar-refractivity contribution in [2.24, 2.45) is 0 Å². The number of benzene rings is 1. The van der Waals surface area contributed by atoms with Crippen LogP contribution in [0.2, 0.25) is 0 Å². The maximum Gasteiger partial charge on any atom is 2.00 e. The summed E-state index contributed by atoms with van der Waals surface area (Å²) >= 11 is 0. The number of nitrogens with one attached hydrogen (secondary N) is 5. The van der Waals surface area contributed by atoms with Crippen LogP contribution in [0, 0.1) is 0 Å². The molecule has 0 bridgehead atoms. The van der Waals surface area contributed by atoms with Crippen molar-refractivity contribution < 1.29 is 112 Å². The van der Waals surface area contributed by atoms with E-state index >= 15 is 0 Å². The fraction of sp³-hybridized carbons (Fsp3) is 0.385. The molecule has 10 N–H and O–H groups in total. The van der Waals surface area contributed by atoms with Crippen LogP contribution in [0.4, 0.5) is 17.5 Å². The van der Waals surface area contributed by atoms with Gasteiger partial charge in [0.1, 0.15) is 19.3 Å². The number of imidazole rings is 1. The molecule has 0 aliphatic carbocycles. The molecule has 7 heterocycles. The molecule has 8 aromatic rings. The Labute approximate surface area is 598 Å². The predicted molar refractivity (Wildman–Crippen MR) is 353 cm³/mol. The molecule has 0 radical (unpaired) electrons. The first-order valence-corrected chi connectivity index (χ1v) is 30.9. The van der Waals surface area contributed by atoms with E-state index in [9.17, 15) is 29.1 Å². The van der Waals surface area contributed by atoms with Gasteiger partial charge in [0.2, 0.25) is 23.7 Å². The smallest absolute Gasteiger partial charge is 1.00 e. The van der Waals surface area contributed by atoms with Crippen molar-refractivity contribution in [2.75, 3.05) is 149 Å². The van der Waals surface area contributed by atoms with Gasteiger partial charge in [0.25, 0.3) is 5.91 Å². The Morgan fingerprint density at radius 2 is 0.980 bits per heavy atom. The van der Waals surface area contributed by atoms with Gasteiger partial charge >= 0.3 is 25.8 Å². The SMILES string of the molecule is CN(Cc1cnc2nc(N)nc(N)c2n1)c1ccc(C(=O)NC(CCC(=O)NCCOCCOCCOCCOCCOCCOCCOCCNC(=O)COCC(=O)NCCc2cnc[nH]2)C(=O)O)cc1.[Cl-].[Cl-].[Os+2].c1ccc(-c2ccccn2)nc1.c1ccc(-c2ccccn2)nc1. The number of rotatable bonds is 42. The molecule has 8 rings (SSSR count). The fourth-order valence-corrected chi connectivity index (χ4v) is 8.22. The Kier molecular flexibility index (Phi) is 43.7. The monoisotopic (exact) mass is 1590 g/mol. The number of nitrogen functional groups attached to an aromatic ring is 2. The quantitative estimate of drug-likeness (QED) is 0.0176. The van der Waals surface area contributed by atoms with Crippen molar-refractivity contribution in [3.63, 3.8) is 0 Å². The number of H-pyrrole nitrogens is 1. The molecule has 0 fully saturated rings. The second-order valence-electron chi connectivity index (χ2n) is 20.3. The van der Waals surface area contributed by atoms with Crippen molar-refractivity contribution in [1.82, 2.24) is 71.1 Å². The summed E-state index contributed by atoms with van der Waals surface area (Å²) in [6, 6.07) is 28.5. The summed E-state index contributed by atoms with van der Waals surface area (Å²) in [5.41, 5.74) is 18.3. The summed E-state index contributed by atoms with van der Waals surface area (Å²) in [6.07, 6.45) is 12.3. The molecule has 34 heteroatoms. The number of ether oxygens (including phenoxy) is 8. The second-order valence-corrected chi connectivity index (χ2v) is 20.3. The summed E-state index contributed by atoms with van der Waals surface area (Å²) in [5.74, 6) is -2.75. The zero-order chi connectivity index (χ0) is 68.1. The largest absolute Gasteiger partial charge is 2.00 e. The van der Waals surface area contributed by atoms with E-state index in [1.165, 1.54) is 0 Å². The Morgan fingerprint density at radius 3 is 1.40 bits per heavy atom. The van der Waals surface area contributed by atoms with Gasteiger partial charge in [0.15, 0.2) is 17.0 Å². The maximum absolute atomic E-state index is 12.9. The number of carbonyl (C=O) groups excluding carboxylic acids is 4. The van der Waals surface area contributed by atoms with Gasteiger partial charge in [0.05, 0.1) is 140 Å². The van der Waals surface area contributed by atoms with Crippen LogP contribution in [0.3, 0.4) is 0 Å². The van der Waals surface area contributed by atoms with Gasteiger partial charge in [-0.3, -0.25) is 39.1 Å². The molecule has 0 saturated heterocycles. The molecule has 0 aliphatic rings. The van der Waals surface area contributed by atoms with Crippen molar-refractivity contribution in [2.45, 2.75) is 31.8 Å². The number of carbonyl (C=O) groups is 5. The van der Waals surface area contributed by atoms with Gasteiger partial charge in [-0.05, 0) is 79.2 Å². The minimum atomic E-state index is -1.28. The summed E-state index contributed by atoms with van der Waals surface area (Å²) in [6.45, 7) is 5.99. The van der Waals surface area contributed by atoms with Crippen LogP contribution in [-0.2, 0) is 89.8 Å². The van der Waals surface area contributed by atoms with Crippen LogP contribution in [0.1, 0.15) is 34.6 Å². The maximum atomic E-state index is 12.9. The minimum absolute atomic E-state index is 0. The number of aromatic nitrogens is 10. The third kappa shape index (κ3) is 35.4. The number of aliphatic carboxylic acids is 1. The summed E-state index contributed by atoms with van der Waals surface area (Å²) in [7, 11) is 1.83. The van der Waals surface area contributed by atoms with Gasteiger partial charge in [-0.25, -0.2) is 19.7 Å². The number of hydrogen-bond donors (Lipinski definition) is 8. The number of hydrogen-bond acceptors (Lipinski definition) is 25. The van der Waals surface area contributed by atoms with E-state index in [-0.39, 0.29) is 125 Å².